The molecule has 2 atom stereocenters. The summed E-state index contributed by atoms with van der Waals surface area (Å²) >= 11 is 3.09. The van der Waals surface area contributed by atoms with Gasteiger partial charge in [-0.2, -0.15) is 0 Å². The highest BCUT2D eigenvalue weighted by Gasteiger charge is 2.44. The highest BCUT2D eigenvalue weighted by Crippen LogP contribution is 2.41. The fourth-order valence-corrected chi connectivity index (χ4v) is 2.88. The second-order valence-electron chi connectivity index (χ2n) is 3.87. The number of rotatable bonds is 4. The van der Waals surface area contributed by atoms with Crippen molar-refractivity contribution in [2.45, 2.75) is 23.1 Å². The Hall–Kier alpha value is -0.460. The van der Waals surface area contributed by atoms with Crippen LogP contribution in [0, 0.1) is 5.82 Å². The van der Waals surface area contributed by atoms with Crippen LogP contribution in [-0.4, -0.2) is 23.4 Å². The Balaban J connectivity index is 3.19. The van der Waals surface area contributed by atoms with Gasteiger partial charge in [-0.3, -0.25) is 0 Å². The van der Waals surface area contributed by atoms with E-state index in [9.17, 15) is 17.9 Å². The van der Waals surface area contributed by atoms with Gasteiger partial charge < -0.3 is 5.11 Å². The van der Waals surface area contributed by atoms with Crippen molar-refractivity contribution in [3.8, 4) is 0 Å². The van der Waals surface area contributed by atoms with E-state index >= 15 is 0 Å². The smallest absolute Gasteiger partial charge is 0.166 e. The minimum absolute atomic E-state index is 0.199. The number of alkyl halides is 1. The van der Waals surface area contributed by atoms with Crippen molar-refractivity contribution in [2.24, 2.45) is 0 Å². The van der Waals surface area contributed by atoms with Gasteiger partial charge in [0.1, 0.15) is 11.9 Å². The zero-order chi connectivity index (χ0) is 13.3. The first-order valence-corrected chi connectivity index (χ1v) is 7.73. The molecule has 1 N–H and O–H groups in total. The summed E-state index contributed by atoms with van der Waals surface area (Å²) in [4.78, 5) is 0. The largest absolute Gasteiger partial charge is 0.386 e. The molecule has 0 fully saturated rings. The van der Waals surface area contributed by atoms with E-state index in [1.807, 2.05) is 0 Å². The maximum absolute atomic E-state index is 12.8. The molecule has 0 saturated carbocycles. The van der Waals surface area contributed by atoms with Crippen LogP contribution < -0.4 is 0 Å². The average molecular weight is 325 g/mol. The topological polar surface area (TPSA) is 54.4 Å². The first-order valence-electron chi connectivity index (χ1n) is 5.04. The van der Waals surface area contributed by atoms with E-state index in [1.165, 1.54) is 24.3 Å². The third kappa shape index (κ3) is 2.86. The lowest BCUT2D eigenvalue weighted by atomic mass is 10.0. The Morgan fingerprint density at radius 3 is 2.24 bits per heavy atom. The maximum atomic E-state index is 12.8. The van der Waals surface area contributed by atoms with Crippen LogP contribution in [0.15, 0.2) is 24.3 Å². The number of aliphatic hydroxyl groups excluding tert-OH is 1. The summed E-state index contributed by atoms with van der Waals surface area (Å²) in [7, 11) is -3.50. The van der Waals surface area contributed by atoms with Crippen molar-refractivity contribution in [3.05, 3.63) is 35.6 Å². The molecule has 0 amide bonds. The number of aliphatic hydroxyl groups is 1. The summed E-state index contributed by atoms with van der Waals surface area (Å²) in [5.74, 6) is -0.433. The monoisotopic (exact) mass is 324 g/mol. The van der Waals surface area contributed by atoms with Crippen LogP contribution in [0.3, 0.4) is 0 Å². The number of benzene rings is 1. The maximum Gasteiger partial charge on any atom is 0.166 e. The quantitative estimate of drug-likeness (QED) is 0.865. The summed E-state index contributed by atoms with van der Waals surface area (Å²) in [5.41, 5.74) is 0.357. The van der Waals surface area contributed by atoms with Gasteiger partial charge in [-0.15, -0.1) is 0 Å². The van der Waals surface area contributed by atoms with Crippen LogP contribution in [0.25, 0.3) is 0 Å². The van der Waals surface area contributed by atoms with Crippen molar-refractivity contribution in [1.29, 1.82) is 0 Å². The van der Waals surface area contributed by atoms with Gasteiger partial charge in [-0.1, -0.05) is 35.0 Å². The molecule has 0 unspecified atom stereocenters. The summed E-state index contributed by atoms with van der Waals surface area (Å²) in [6.07, 6.45) is 0.00522. The van der Waals surface area contributed by atoms with Crippen LogP contribution in [-0.2, 0) is 9.84 Å². The Bertz CT molecular complexity index is 486. The highest BCUT2D eigenvalue weighted by molar-refractivity contribution is 9.11. The Morgan fingerprint density at radius 2 is 1.88 bits per heavy atom. The van der Waals surface area contributed by atoms with Crippen molar-refractivity contribution in [3.63, 3.8) is 0 Å². The molecule has 96 valence electrons. The van der Waals surface area contributed by atoms with E-state index in [0.717, 1.165) is 6.26 Å². The van der Waals surface area contributed by atoms with Crippen LogP contribution in [0.4, 0.5) is 4.39 Å². The molecule has 0 radical (unpaired) electrons. The molecule has 0 heterocycles. The van der Waals surface area contributed by atoms with Gasteiger partial charge in [0.05, 0.1) is 0 Å². The Labute approximate surface area is 109 Å². The Morgan fingerprint density at radius 1 is 1.41 bits per heavy atom. The summed E-state index contributed by atoms with van der Waals surface area (Å²) in [6, 6.07) is 5.11. The molecule has 0 aromatic heterocycles. The molecule has 1 aromatic carbocycles. The second kappa shape index (κ2) is 5.04. The van der Waals surface area contributed by atoms with Crippen LogP contribution in [0.5, 0.6) is 0 Å². The minimum Gasteiger partial charge on any atom is -0.386 e. The molecule has 0 spiro atoms. The van der Waals surface area contributed by atoms with Gasteiger partial charge in [-0.25, -0.2) is 12.8 Å². The molecule has 6 heteroatoms. The molecule has 17 heavy (non-hydrogen) atoms. The van der Waals surface area contributed by atoms with Gasteiger partial charge in [0, 0.05) is 6.26 Å². The van der Waals surface area contributed by atoms with Gasteiger partial charge in [0.2, 0.25) is 0 Å². The second-order valence-corrected chi connectivity index (χ2v) is 8.08. The first kappa shape index (κ1) is 14.6. The zero-order valence-corrected chi connectivity index (χ0v) is 11.9. The molecule has 0 aliphatic carbocycles. The van der Waals surface area contributed by atoms with Crippen LogP contribution in [0.1, 0.15) is 25.0 Å². The average Bonchev–Trinajstić information content (AvgIpc) is 2.26. The van der Waals surface area contributed by atoms with Gasteiger partial charge in [0.25, 0.3) is 0 Å². The third-order valence-corrected chi connectivity index (χ3v) is 7.20. The van der Waals surface area contributed by atoms with Crippen molar-refractivity contribution in [1.82, 2.24) is 0 Å². The molecular formula is C11H14BrFO3S. The molecule has 0 bridgehead atoms. The minimum atomic E-state index is -3.50. The van der Waals surface area contributed by atoms with Crippen molar-refractivity contribution >= 4 is 25.8 Å². The zero-order valence-electron chi connectivity index (χ0n) is 9.52. The SMILES string of the molecule is CC[C@@](Br)([C@H](O)c1ccc(F)cc1)S(C)(=O)=O. The van der Waals surface area contributed by atoms with Crippen molar-refractivity contribution in [2.75, 3.05) is 6.26 Å². The van der Waals surface area contributed by atoms with E-state index in [2.05, 4.69) is 15.9 Å². The lowest BCUT2D eigenvalue weighted by molar-refractivity contribution is 0.160. The predicted octanol–water partition coefficient (Wildman–Crippen LogP) is 2.40. The molecule has 0 saturated heterocycles. The first-order chi connectivity index (χ1) is 7.72. The molecule has 1 aromatic rings. The van der Waals surface area contributed by atoms with Crippen LogP contribution >= 0.6 is 15.9 Å². The normalized spacial score (nSPS) is 17.5. The summed E-state index contributed by atoms with van der Waals surface area (Å²) in [5, 5.41) is 10.1. The van der Waals surface area contributed by atoms with Gasteiger partial charge in [0.15, 0.2) is 13.5 Å². The van der Waals surface area contributed by atoms with Gasteiger partial charge in [-0.05, 0) is 24.1 Å². The molecule has 3 nitrogen and oxygen atoms in total. The Kier molecular flexibility index (Phi) is 4.33. The third-order valence-electron chi connectivity index (χ3n) is 2.69. The fourth-order valence-electron chi connectivity index (χ4n) is 1.55. The van der Waals surface area contributed by atoms with E-state index in [4.69, 9.17) is 0 Å². The van der Waals surface area contributed by atoms with E-state index in [1.54, 1.807) is 6.92 Å². The summed E-state index contributed by atoms with van der Waals surface area (Å²) in [6.45, 7) is 1.66. The summed E-state index contributed by atoms with van der Waals surface area (Å²) < 4.78 is 34.7. The number of halogens is 2. The highest BCUT2D eigenvalue weighted by atomic mass is 79.9. The van der Waals surface area contributed by atoms with E-state index < -0.39 is 25.4 Å². The number of hydrogen-bond acceptors (Lipinski definition) is 3. The lowest BCUT2D eigenvalue weighted by Crippen LogP contribution is -2.37. The lowest BCUT2D eigenvalue weighted by Gasteiger charge is -2.29. The molecule has 0 aliphatic heterocycles. The van der Waals surface area contributed by atoms with E-state index in [-0.39, 0.29) is 6.42 Å². The molecule has 0 aliphatic rings. The van der Waals surface area contributed by atoms with Crippen molar-refractivity contribution < 1.29 is 17.9 Å². The number of hydrogen-bond donors (Lipinski definition) is 1. The van der Waals surface area contributed by atoms with Gasteiger partial charge >= 0.3 is 0 Å². The van der Waals surface area contributed by atoms with E-state index in [0.29, 0.717) is 5.56 Å². The van der Waals surface area contributed by atoms with Crippen LogP contribution in [0.2, 0.25) is 0 Å². The predicted molar refractivity (Wildman–Crippen MR) is 68.2 cm³/mol. The number of sulfone groups is 1. The molecular weight excluding hydrogens is 311 g/mol. The standard InChI is InChI=1S/C11H14BrFO3S/c1-3-11(12,17(2,15)16)10(14)8-4-6-9(13)7-5-8/h4-7,10,14H,3H2,1-2H3/t10-,11+/m1/s1. The molecule has 1 rings (SSSR count). The fraction of sp³-hybridized carbons (Fsp3) is 0.455.